The second-order valence-corrected chi connectivity index (χ2v) is 12.9. The smallest absolute Gasteiger partial charge is 0.249 e. The van der Waals surface area contributed by atoms with E-state index in [1.807, 2.05) is 11.4 Å². The number of primary amides is 1. The lowest BCUT2D eigenvalue weighted by molar-refractivity contribution is -0.139. The fraction of sp³-hybridized carbons (Fsp3) is 0.600. The molecule has 0 radical (unpaired) electrons. The molecule has 1 saturated carbocycles. The van der Waals surface area contributed by atoms with Crippen molar-refractivity contribution in [2.75, 3.05) is 51.3 Å². The van der Waals surface area contributed by atoms with Gasteiger partial charge in [-0.05, 0) is 43.5 Å². The molecule has 4 fully saturated rings. The molecule has 4 atom stereocenters. The van der Waals surface area contributed by atoms with E-state index in [2.05, 4.69) is 16.8 Å². The Bertz CT molecular complexity index is 1340. The van der Waals surface area contributed by atoms with Crippen LogP contribution in [0, 0.1) is 11.8 Å². The number of fused-ring (bicyclic) bond motifs is 1. The van der Waals surface area contributed by atoms with E-state index in [4.69, 9.17) is 15.5 Å². The number of aromatic nitrogens is 1. The molecule has 42 heavy (non-hydrogen) atoms. The Morgan fingerprint density at radius 3 is 2.55 bits per heavy atom. The van der Waals surface area contributed by atoms with Gasteiger partial charge in [0.2, 0.25) is 18.2 Å². The first-order valence-electron chi connectivity index (χ1n) is 14.8. The lowest BCUT2D eigenvalue weighted by atomic mass is 9.74. The maximum Gasteiger partial charge on any atom is 0.249 e. The maximum atomic E-state index is 14.5. The molecule has 0 bridgehead atoms. The number of amides is 2. The summed E-state index contributed by atoms with van der Waals surface area (Å²) in [6, 6.07) is 4.23. The van der Waals surface area contributed by atoms with Crippen LogP contribution in [0.5, 0.6) is 0 Å². The number of ether oxygens (including phenoxy) is 1. The van der Waals surface area contributed by atoms with Crippen molar-refractivity contribution in [2.45, 2.75) is 56.6 Å². The number of nitrogens with two attached hydrogens (primary N) is 1. The largest absolute Gasteiger partial charge is 0.367 e. The minimum absolute atomic E-state index is 0.114. The van der Waals surface area contributed by atoms with Crippen molar-refractivity contribution < 1.29 is 27.9 Å². The highest BCUT2D eigenvalue weighted by Crippen LogP contribution is 2.43. The molecule has 4 heterocycles. The van der Waals surface area contributed by atoms with Gasteiger partial charge in [0.05, 0.1) is 23.6 Å². The quantitative estimate of drug-likeness (QED) is 0.518. The van der Waals surface area contributed by atoms with Gasteiger partial charge in [-0.25, -0.2) is 13.8 Å². The number of nitrogens with zero attached hydrogens (tertiary/aromatic N) is 4. The Hall–Kier alpha value is -2.96. The van der Waals surface area contributed by atoms with Crippen molar-refractivity contribution in [3.8, 4) is 11.3 Å². The molecule has 2 amide bonds. The molecule has 0 spiro atoms. The summed E-state index contributed by atoms with van der Waals surface area (Å²) in [4.78, 5) is 50.7. The van der Waals surface area contributed by atoms with Crippen molar-refractivity contribution >= 4 is 34.1 Å². The predicted molar refractivity (Wildman–Crippen MR) is 155 cm³/mol. The highest BCUT2D eigenvalue weighted by atomic mass is 32.1. The average molecular weight is 602 g/mol. The van der Waals surface area contributed by atoms with Crippen molar-refractivity contribution in [1.29, 1.82) is 0 Å². The first kappa shape index (κ1) is 29.1. The number of anilines is 1. The third-order valence-corrected chi connectivity index (χ3v) is 10.3. The number of carbonyl (C=O) groups excluding carboxylic acids is 3. The first-order chi connectivity index (χ1) is 20.2. The van der Waals surface area contributed by atoms with Crippen LogP contribution < -0.4 is 10.6 Å². The van der Waals surface area contributed by atoms with Crippen LogP contribution in [0.25, 0.3) is 11.3 Å². The molecule has 1 aliphatic carbocycles. The molecule has 3 saturated heterocycles. The lowest BCUT2D eigenvalue weighted by Gasteiger charge is -2.35. The third kappa shape index (κ3) is 5.44. The summed E-state index contributed by atoms with van der Waals surface area (Å²) in [6.45, 7) is 3.14. The van der Waals surface area contributed by atoms with Gasteiger partial charge in [-0.15, -0.1) is 11.3 Å². The first-order valence-corrected chi connectivity index (χ1v) is 15.7. The molecule has 1 aromatic carbocycles. The van der Waals surface area contributed by atoms with Crippen molar-refractivity contribution in [3.63, 3.8) is 0 Å². The van der Waals surface area contributed by atoms with Gasteiger partial charge in [-0.2, -0.15) is 0 Å². The van der Waals surface area contributed by atoms with E-state index >= 15 is 0 Å². The topological polar surface area (TPSA) is 109 Å². The minimum atomic E-state index is -2.72. The summed E-state index contributed by atoms with van der Waals surface area (Å²) in [5.74, 6) is -3.57. The fourth-order valence-electron chi connectivity index (χ4n) is 7.12. The zero-order valence-corrected chi connectivity index (χ0v) is 24.5. The molecule has 2 N–H and O–H groups in total. The van der Waals surface area contributed by atoms with Gasteiger partial charge in [0.1, 0.15) is 12.6 Å². The summed E-state index contributed by atoms with van der Waals surface area (Å²) >= 11 is 1.55. The lowest BCUT2D eigenvalue weighted by Crippen LogP contribution is -2.46. The summed E-state index contributed by atoms with van der Waals surface area (Å²) in [5.41, 5.74) is 8.05. The molecule has 226 valence electrons. The molecule has 3 aliphatic heterocycles. The number of piperazine rings is 1. The second kappa shape index (κ2) is 12.0. The number of alkyl halides is 2. The number of ketones is 1. The number of likely N-dealkylation sites (N-methyl/N-ethyl adjacent to an activating group) is 1. The van der Waals surface area contributed by atoms with Crippen LogP contribution in [0.15, 0.2) is 23.6 Å². The van der Waals surface area contributed by atoms with E-state index in [1.165, 1.54) is 4.90 Å². The Morgan fingerprint density at radius 1 is 1.12 bits per heavy atom. The summed E-state index contributed by atoms with van der Waals surface area (Å²) in [7, 11) is 2.10. The second-order valence-electron chi connectivity index (χ2n) is 12.0. The number of carbonyl (C=O) groups is 3. The Kier molecular flexibility index (Phi) is 8.30. The standard InChI is InChI=1S/C30H37F2N5O4S/c1-35-9-11-36(12-10-35)30-34-22(16-42-30)18-7-8-19(28(33)39)20(13-18)24(17-5-3-2-4-6-17)29(40)37-14-21(27(31)32)26-25(37)23(38)15-41-26/h7-8,13,16-17,21,24-27H,2-6,9-12,14-15H2,1H3,(H2,33,39)/t21-,24+,25-,26-/m1/s1. The van der Waals surface area contributed by atoms with E-state index in [0.29, 0.717) is 5.56 Å². The minimum Gasteiger partial charge on any atom is -0.367 e. The number of Topliss-reactive ketones (excluding diaryl/α,β-unsaturated/α-hetero) is 1. The molecule has 0 unspecified atom stereocenters. The summed E-state index contributed by atoms with van der Waals surface area (Å²) < 4.78 is 33.4. The summed E-state index contributed by atoms with van der Waals surface area (Å²) in [5, 5.41) is 2.89. The van der Waals surface area contributed by atoms with Crippen LogP contribution in [0.4, 0.5) is 13.9 Å². The normalized spacial score (nSPS) is 26.2. The number of hydrogen-bond acceptors (Lipinski definition) is 8. The van der Waals surface area contributed by atoms with Gasteiger partial charge >= 0.3 is 0 Å². The van der Waals surface area contributed by atoms with Crippen LogP contribution in [-0.4, -0.2) is 97.3 Å². The van der Waals surface area contributed by atoms with Gasteiger partial charge in [0.15, 0.2) is 10.9 Å². The fourth-order valence-corrected chi connectivity index (χ4v) is 8.01. The van der Waals surface area contributed by atoms with Crippen LogP contribution in [0.2, 0.25) is 0 Å². The molecule has 1 aromatic heterocycles. The number of likely N-dealkylation sites (tertiary alicyclic amines) is 1. The molecule has 12 heteroatoms. The molecule has 2 aromatic rings. The average Bonchev–Trinajstić information content (AvgIpc) is 3.71. The third-order valence-electron chi connectivity index (χ3n) is 9.43. The molecular weight excluding hydrogens is 564 g/mol. The van der Waals surface area contributed by atoms with Gasteiger partial charge in [0, 0.05) is 49.2 Å². The Labute approximate surface area is 248 Å². The number of halogens is 2. The zero-order valence-electron chi connectivity index (χ0n) is 23.7. The van der Waals surface area contributed by atoms with E-state index in [9.17, 15) is 23.2 Å². The van der Waals surface area contributed by atoms with E-state index in [-0.39, 0.29) is 30.4 Å². The van der Waals surface area contributed by atoms with E-state index in [0.717, 1.165) is 74.7 Å². The maximum absolute atomic E-state index is 14.5. The van der Waals surface area contributed by atoms with Gasteiger partial charge in [-0.3, -0.25) is 14.4 Å². The summed E-state index contributed by atoms with van der Waals surface area (Å²) in [6.07, 6.45) is 0.670. The number of thiazole rings is 1. The van der Waals surface area contributed by atoms with Crippen LogP contribution in [0.3, 0.4) is 0 Å². The van der Waals surface area contributed by atoms with Crippen molar-refractivity contribution in [2.24, 2.45) is 17.6 Å². The van der Waals surface area contributed by atoms with Crippen LogP contribution in [-0.2, 0) is 14.3 Å². The molecular formula is C30H37F2N5O4S. The molecule has 6 rings (SSSR count). The predicted octanol–water partition coefficient (Wildman–Crippen LogP) is 3.38. The molecule has 9 nitrogen and oxygen atoms in total. The van der Waals surface area contributed by atoms with Gasteiger partial charge in [-0.1, -0.05) is 25.3 Å². The van der Waals surface area contributed by atoms with E-state index < -0.39 is 42.2 Å². The van der Waals surface area contributed by atoms with Gasteiger partial charge < -0.3 is 25.2 Å². The number of rotatable bonds is 7. The van der Waals surface area contributed by atoms with Crippen LogP contribution >= 0.6 is 11.3 Å². The molecule has 4 aliphatic rings. The number of hydrogen-bond donors (Lipinski definition) is 1. The highest BCUT2D eigenvalue weighted by Gasteiger charge is 2.56. The van der Waals surface area contributed by atoms with Crippen LogP contribution in [0.1, 0.15) is 53.9 Å². The highest BCUT2D eigenvalue weighted by molar-refractivity contribution is 7.14. The van der Waals surface area contributed by atoms with E-state index in [1.54, 1.807) is 23.5 Å². The van der Waals surface area contributed by atoms with Crippen molar-refractivity contribution in [1.82, 2.24) is 14.8 Å². The SMILES string of the molecule is CN1CCN(c2nc(-c3ccc(C(N)=O)c([C@@H](C(=O)N4C[C@@H](C(F)F)[C@H]5OCC(=O)[C@H]54)C4CCCCC4)c3)cs2)CC1. The Morgan fingerprint density at radius 2 is 1.86 bits per heavy atom. The van der Waals surface area contributed by atoms with Gasteiger partial charge in [0.25, 0.3) is 0 Å². The van der Waals surface area contributed by atoms with Crippen molar-refractivity contribution in [3.05, 3.63) is 34.7 Å². The zero-order chi connectivity index (χ0) is 29.5. The number of benzene rings is 1. The Balaban J connectivity index is 1.38. The monoisotopic (exact) mass is 601 g/mol.